The van der Waals surface area contributed by atoms with E-state index in [0.717, 1.165) is 40.7 Å². The number of aldehydes is 1. The number of rotatable bonds is 9. The third-order valence-electron chi connectivity index (χ3n) is 4.16. The standard InChI is InChI=1S/C16H27NO2SSi/c1-6-21(7-2,8-3)19-16(9-10-18)13(4)11-15-12-20-14(5)17-15/h10-12,16H,6-9H2,1-5H3/t16-/m1/s1. The summed E-state index contributed by atoms with van der Waals surface area (Å²) in [4.78, 5) is 15.5. The molecule has 0 saturated carbocycles. The van der Waals surface area contributed by atoms with Crippen LogP contribution >= 0.6 is 11.3 Å². The van der Waals surface area contributed by atoms with Crippen LogP contribution < -0.4 is 0 Å². The van der Waals surface area contributed by atoms with Gasteiger partial charge in [0.1, 0.15) is 6.29 Å². The molecular formula is C16H27NO2SSi. The highest BCUT2D eigenvalue weighted by molar-refractivity contribution is 7.09. The Kier molecular flexibility index (Phi) is 7.49. The molecule has 0 aliphatic heterocycles. The summed E-state index contributed by atoms with van der Waals surface area (Å²) in [5, 5.41) is 3.10. The summed E-state index contributed by atoms with van der Waals surface area (Å²) < 4.78 is 6.48. The summed E-state index contributed by atoms with van der Waals surface area (Å²) in [6.45, 7) is 10.7. The molecule has 0 unspecified atom stereocenters. The average Bonchev–Trinajstić information content (AvgIpc) is 2.89. The van der Waals surface area contributed by atoms with E-state index in [0.29, 0.717) is 6.42 Å². The highest BCUT2D eigenvalue weighted by Crippen LogP contribution is 2.27. The zero-order chi connectivity index (χ0) is 15.9. The molecule has 0 aromatic carbocycles. The van der Waals surface area contributed by atoms with Gasteiger partial charge >= 0.3 is 0 Å². The summed E-state index contributed by atoms with van der Waals surface area (Å²) in [5.41, 5.74) is 2.06. The van der Waals surface area contributed by atoms with Crippen molar-refractivity contribution in [2.24, 2.45) is 0 Å². The minimum absolute atomic E-state index is 0.101. The number of aryl methyl sites for hydroxylation is 1. The molecule has 21 heavy (non-hydrogen) atoms. The topological polar surface area (TPSA) is 39.2 Å². The molecule has 0 bridgehead atoms. The Bertz CT molecular complexity index is 472. The summed E-state index contributed by atoms with van der Waals surface area (Å²) in [7, 11) is -1.71. The van der Waals surface area contributed by atoms with Crippen molar-refractivity contribution in [3.63, 3.8) is 0 Å². The van der Waals surface area contributed by atoms with Crippen LogP contribution in [0.5, 0.6) is 0 Å². The van der Waals surface area contributed by atoms with Crippen LogP contribution in [0.25, 0.3) is 6.08 Å². The highest BCUT2D eigenvalue weighted by Gasteiger charge is 2.32. The van der Waals surface area contributed by atoms with Crippen LogP contribution in [0.3, 0.4) is 0 Å². The van der Waals surface area contributed by atoms with E-state index in [1.807, 2.05) is 19.2 Å². The van der Waals surface area contributed by atoms with E-state index in [9.17, 15) is 4.79 Å². The van der Waals surface area contributed by atoms with Crippen LogP contribution in [0.4, 0.5) is 0 Å². The lowest BCUT2D eigenvalue weighted by Crippen LogP contribution is -2.40. The molecular weight excluding hydrogens is 298 g/mol. The molecule has 0 N–H and O–H groups in total. The number of aromatic nitrogens is 1. The second-order valence-corrected chi connectivity index (χ2v) is 11.2. The van der Waals surface area contributed by atoms with Crippen molar-refractivity contribution in [2.75, 3.05) is 0 Å². The molecule has 1 heterocycles. The Labute approximate surface area is 133 Å². The van der Waals surface area contributed by atoms with Gasteiger partial charge in [-0.05, 0) is 43.6 Å². The largest absolute Gasteiger partial charge is 0.410 e. The summed E-state index contributed by atoms with van der Waals surface area (Å²) in [6.07, 6.45) is 3.35. The highest BCUT2D eigenvalue weighted by atomic mass is 32.1. The lowest BCUT2D eigenvalue weighted by Gasteiger charge is -2.33. The van der Waals surface area contributed by atoms with Gasteiger partial charge in [-0.25, -0.2) is 4.98 Å². The fraction of sp³-hybridized carbons (Fsp3) is 0.625. The molecule has 118 valence electrons. The molecule has 0 aliphatic carbocycles. The van der Waals surface area contributed by atoms with Crippen molar-refractivity contribution < 1.29 is 9.22 Å². The van der Waals surface area contributed by atoms with Crippen LogP contribution in [0.15, 0.2) is 11.0 Å². The molecule has 1 aromatic rings. The maximum atomic E-state index is 11.0. The Morgan fingerprint density at radius 2 is 2.00 bits per heavy atom. The first kappa shape index (κ1) is 18.3. The van der Waals surface area contributed by atoms with E-state index < -0.39 is 8.32 Å². The molecule has 0 spiro atoms. The van der Waals surface area contributed by atoms with Gasteiger partial charge in [-0.15, -0.1) is 11.3 Å². The van der Waals surface area contributed by atoms with Crippen molar-refractivity contribution in [3.05, 3.63) is 21.7 Å². The molecule has 0 radical (unpaired) electrons. The van der Waals surface area contributed by atoms with E-state index >= 15 is 0 Å². The van der Waals surface area contributed by atoms with Crippen LogP contribution in [-0.2, 0) is 9.22 Å². The van der Waals surface area contributed by atoms with Crippen LogP contribution in [-0.4, -0.2) is 25.7 Å². The number of hydrogen-bond acceptors (Lipinski definition) is 4. The van der Waals surface area contributed by atoms with E-state index in [1.54, 1.807) is 11.3 Å². The number of carbonyl (C=O) groups excluding carboxylic acids is 1. The van der Waals surface area contributed by atoms with Crippen molar-refractivity contribution in [2.45, 2.75) is 65.3 Å². The predicted molar refractivity (Wildman–Crippen MR) is 93.3 cm³/mol. The van der Waals surface area contributed by atoms with Gasteiger partial charge in [0.25, 0.3) is 0 Å². The first-order chi connectivity index (χ1) is 10.00. The zero-order valence-corrected chi connectivity index (χ0v) is 15.6. The maximum Gasteiger partial charge on any atom is 0.192 e. The second-order valence-electron chi connectivity index (χ2n) is 5.43. The number of carbonyl (C=O) groups is 1. The quantitative estimate of drug-likeness (QED) is 0.482. The lowest BCUT2D eigenvalue weighted by atomic mass is 10.1. The number of hydrogen-bond donors (Lipinski definition) is 0. The molecule has 1 atom stereocenters. The van der Waals surface area contributed by atoms with Crippen LogP contribution in [0.2, 0.25) is 18.1 Å². The van der Waals surface area contributed by atoms with Gasteiger partial charge in [0.05, 0.1) is 16.8 Å². The van der Waals surface area contributed by atoms with E-state index in [4.69, 9.17) is 4.43 Å². The third-order valence-corrected chi connectivity index (χ3v) is 9.60. The van der Waals surface area contributed by atoms with E-state index in [2.05, 4.69) is 31.8 Å². The Morgan fingerprint density at radius 1 is 1.38 bits per heavy atom. The van der Waals surface area contributed by atoms with Gasteiger partial charge in [0.2, 0.25) is 0 Å². The van der Waals surface area contributed by atoms with Crippen molar-refractivity contribution in [3.8, 4) is 0 Å². The Hall–Kier alpha value is -0.783. The molecule has 0 amide bonds. The fourth-order valence-electron chi connectivity index (χ4n) is 2.49. The maximum absolute atomic E-state index is 11.0. The fourth-order valence-corrected chi connectivity index (χ4v) is 5.94. The summed E-state index contributed by atoms with van der Waals surface area (Å²) in [5.74, 6) is 0. The van der Waals surface area contributed by atoms with Gasteiger partial charge in [-0.3, -0.25) is 0 Å². The van der Waals surface area contributed by atoms with Gasteiger partial charge in [-0.1, -0.05) is 20.8 Å². The van der Waals surface area contributed by atoms with Gasteiger partial charge < -0.3 is 9.22 Å². The third kappa shape index (κ3) is 5.16. The molecule has 0 aliphatic rings. The molecule has 0 saturated heterocycles. The van der Waals surface area contributed by atoms with Crippen LogP contribution in [0, 0.1) is 6.92 Å². The van der Waals surface area contributed by atoms with Crippen LogP contribution in [0.1, 0.15) is 44.8 Å². The molecule has 3 nitrogen and oxygen atoms in total. The Balaban J connectivity index is 2.94. The first-order valence-corrected chi connectivity index (χ1v) is 11.1. The normalized spacial score (nSPS) is 14.2. The van der Waals surface area contributed by atoms with Gasteiger partial charge in [0, 0.05) is 11.8 Å². The zero-order valence-electron chi connectivity index (χ0n) is 13.8. The smallest absolute Gasteiger partial charge is 0.192 e. The molecule has 0 fully saturated rings. The SMILES string of the molecule is CC[Si](CC)(CC)O[C@H](CC=O)C(C)=Cc1csc(C)n1. The minimum atomic E-state index is -1.71. The minimum Gasteiger partial charge on any atom is -0.410 e. The first-order valence-electron chi connectivity index (χ1n) is 7.72. The van der Waals surface area contributed by atoms with E-state index in [1.165, 1.54) is 0 Å². The molecule has 5 heteroatoms. The molecule has 1 rings (SSSR count). The number of thiazole rings is 1. The van der Waals surface area contributed by atoms with Crippen molar-refractivity contribution in [1.82, 2.24) is 4.98 Å². The van der Waals surface area contributed by atoms with Crippen molar-refractivity contribution in [1.29, 1.82) is 0 Å². The lowest BCUT2D eigenvalue weighted by molar-refractivity contribution is -0.109. The number of nitrogens with zero attached hydrogens (tertiary/aromatic N) is 1. The predicted octanol–water partition coefficient (Wildman–Crippen LogP) is 4.83. The van der Waals surface area contributed by atoms with E-state index in [-0.39, 0.29) is 6.10 Å². The molecule has 1 aromatic heterocycles. The monoisotopic (exact) mass is 325 g/mol. The second kappa shape index (κ2) is 8.61. The van der Waals surface area contributed by atoms with Crippen molar-refractivity contribution >= 4 is 32.0 Å². The summed E-state index contributed by atoms with van der Waals surface area (Å²) in [6, 6.07) is 3.29. The Morgan fingerprint density at radius 3 is 2.43 bits per heavy atom. The van der Waals surface area contributed by atoms with Gasteiger partial charge in [0.15, 0.2) is 8.32 Å². The van der Waals surface area contributed by atoms with Gasteiger partial charge in [-0.2, -0.15) is 0 Å². The summed E-state index contributed by atoms with van der Waals surface area (Å²) >= 11 is 1.64. The average molecular weight is 326 g/mol.